The highest BCUT2D eigenvalue weighted by molar-refractivity contribution is 7.99. The molecule has 0 unspecified atom stereocenters. The van der Waals surface area contributed by atoms with Gasteiger partial charge in [-0.05, 0) is 25.2 Å². The van der Waals surface area contributed by atoms with Crippen LogP contribution in [0.3, 0.4) is 0 Å². The fourth-order valence-electron chi connectivity index (χ4n) is 0.725. The van der Waals surface area contributed by atoms with Gasteiger partial charge >= 0.3 is 0 Å². The van der Waals surface area contributed by atoms with Crippen molar-refractivity contribution >= 4 is 17.7 Å². The molecule has 0 heterocycles. The average molecular weight is 203 g/mol. The highest BCUT2D eigenvalue weighted by Crippen LogP contribution is 1.99. The first-order valence-electron chi connectivity index (χ1n) is 4.40. The summed E-state index contributed by atoms with van der Waals surface area (Å²) in [5.74, 6) is 1.82. The minimum atomic E-state index is -0.0368. The summed E-state index contributed by atoms with van der Waals surface area (Å²) in [6.07, 6.45) is 4.06. The number of allylic oxidation sites excluding steroid dienone is 1. The Kier molecular flexibility index (Phi) is 9.25. The standard InChI is InChI=1S/C9H17NO2S/c1-2-4-9(12)10-5-8-13-7-3-6-11/h2,4,11H,3,5-8H2,1H3,(H,10,12)/b4-2+. The smallest absolute Gasteiger partial charge is 0.243 e. The molecule has 0 fully saturated rings. The van der Waals surface area contributed by atoms with Gasteiger partial charge in [0.2, 0.25) is 5.91 Å². The molecule has 0 spiro atoms. The number of nitrogens with one attached hydrogen (secondary N) is 1. The van der Waals surface area contributed by atoms with E-state index >= 15 is 0 Å². The van der Waals surface area contributed by atoms with E-state index in [-0.39, 0.29) is 12.5 Å². The number of aliphatic hydroxyl groups is 1. The van der Waals surface area contributed by atoms with Crippen molar-refractivity contribution in [3.8, 4) is 0 Å². The summed E-state index contributed by atoms with van der Waals surface area (Å²) in [4.78, 5) is 10.9. The summed E-state index contributed by atoms with van der Waals surface area (Å²) < 4.78 is 0. The van der Waals surface area contributed by atoms with Crippen molar-refractivity contribution in [2.45, 2.75) is 13.3 Å². The van der Waals surface area contributed by atoms with Crippen molar-refractivity contribution in [2.24, 2.45) is 0 Å². The predicted molar refractivity (Wildman–Crippen MR) is 56.9 cm³/mol. The van der Waals surface area contributed by atoms with E-state index in [0.717, 1.165) is 17.9 Å². The Morgan fingerprint density at radius 2 is 2.31 bits per heavy atom. The van der Waals surface area contributed by atoms with E-state index in [2.05, 4.69) is 5.32 Å². The van der Waals surface area contributed by atoms with Crippen LogP contribution in [-0.2, 0) is 4.79 Å². The quantitative estimate of drug-likeness (QED) is 0.475. The van der Waals surface area contributed by atoms with Gasteiger partial charge in [-0.15, -0.1) is 0 Å². The zero-order valence-electron chi connectivity index (χ0n) is 7.95. The predicted octanol–water partition coefficient (Wildman–Crippen LogP) is 0.794. The summed E-state index contributed by atoms with van der Waals surface area (Å²) in [6.45, 7) is 2.76. The molecule has 0 radical (unpaired) electrons. The SMILES string of the molecule is C/C=C/C(=O)NCCSCCCO. The van der Waals surface area contributed by atoms with Crippen LogP contribution in [0.4, 0.5) is 0 Å². The van der Waals surface area contributed by atoms with Gasteiger partial charge in [0.15, 0.2) is 0 Å². The molecule has 76 valence electrons. The zero-order valence-corrected chi connectivity index (χ0v) is 8.77. The summed E-state index contributed by atoms with van der Waals surface area (Å²) in [7, 11) is 0. The molecule has 2 N–H and O–H groups in total. The van der Waals surface area contributed by atoms with Crippen LogP contribution in [-0.4, -0.2) is 35.7 Å². The fourth-order valence-corrected chi connectivity index (χ4v) is 1.51. The lowest BCUT2D eigenvalue weighted by Gasteiger charge is -2.01. The van der Waals surface area contributed by atoms with Crippen molar-refractivity contribution in [3.05, 3.63) is 12.2 Å². The Balaban J connectivity index is 3.11. The van der Waals surface area contributed by atoms with Crippen molar-refractivity contribution in [1.29, 1.82) is 0 Å². The summed E-state index contributed by atoms with van der Waals surface area (Å²) >= 11 is 1.74. The summed E-state index contributed by atoms with van der Waals surface area (Å²) in [5, 5.41) is 11.2. The van der Waals surface area contributed by atoms with Gasteiger partial charge in [0.1, 0.15) is 0 Å². The minimum absolute atomic E-state index is 0.0368. The van der Waals surface area contributed by atoms with Crippen LogP contribution in [0.1, 0.15) is 13.3 Å². The molecule has 0 aromatic heterocycles. The van der Waals surface area contributed by atoms with Gasteiger partial charge in [0, 0.05) is 18.9 Å². The topological polar surface area (TPSA) is 49.3 Å². The number of aliphatic hydroxyl groups excluding tert-OH is 1. The Hall–Kier alpha value is -0.480. The molecule has 0 bridgehead atoms. The average Bonchev–Trinajstić information content (AvgIpc) is 2.11. The second kappa shape index (κ2) is 9.61. The molecule has 0 aliphatic rings. The lowest BCUT2D eigenvalue weighted by atomic mass is 10.5. The van der Waals surface area contributed by atoms with Gasteiger partial charge in [0.25, 0.3) is 0 Å². The van der Waals surface area contributed by atoms with E-state index < -0.39 is 0 Å². The molecule has 13 heavy (non-hydrogen) atoms. The molecule has 0 aromatic carbocycles. The lowest BCUT2D eigenvalue weighted by molar-refractivity contribution is -0.116. The molecule has 1 amide bonds. The molecular weight excluding hydrogens is 186 g/mol. The third-order valence-corrected chi connectivity index (χ3v) is 2.38. The third kappa shape index (κ3) is 9.43. The number of rotatable bonds is 7. The van der Waals surface area contributed by atoms with Crippen LogP contribution in [0.15, 0.2) is 12.2 Å². The van der Waals surface area contributed by atoms with Crippen LogP contribution in [0.5, 0.6) is 0 Å². The van der Waals surface area contributed by atoms with Crippen molar-refractivity contribution in [1.82, 2.24) is 5.32 Å². The van der Waals surface area contributed by atoms with Crippen LogP contribution >= 0.6 is 11.8 Å². The van der Waals surface area contributed by atoms with Gasteiger partial charge in [-0.2, -0.15) is 11.8 Å². The first-order valence-corrected chi connectivity index (χ1v) is 5.56. The Morgan fingerprint density at radius 3 is 2.92 bits per heavy atom. The minimum Gasteiger partial charge on any atom is -0.396 e. The Labute approximate surface area is 83.6 Å². The second-order valence-electron chi connectivity index (χ2n) is 2.48. The maximum absolute atomic E-state index is 10.9. The van der Waals surface area contributed by atoms with Crippen molar-refractivity contribution < 1.29 is 9.90 Å². The van der Waals surface area contributed by atoms with Gasteiger partial charge in [-0.3, -0.25) is 4.79 Å². The van der Waals surface area contributed by atoms with Crippen LogP contribution in [0.2, 0.25) is 0 Å². The van der Waals surface area contributed by atoms with Gasteiger partial charge in [-0.25, -0.2) is 0 Å². The summed E-state index contributed by atoms with van der Waals surface area (Å²) in [6, 6.07) is 0. The van der Waals surface area contributed by atoms with Crippen LogP contribution in [0, 0.1) is 0 Å². The van der Waals surface area contributed by atoms with Gasteiger partial charge < -0.3 is 10.4 Å². The molecule has 3 nitrogen and oxygen atoms in total. The van der Waals surface area contributed by atoms with Crippen molar-refractivity contribution in [3.63, 3.8) is 0 Å². The number of carbonyl (C=O) groups is 1. The maximum atomic E-state index is 10.9. The number of thioether (sulfide) groups is 1. The lowest BCUT2D eigenvalue weighted by Crippen LogP contribution is -2.23. The monoisotopic (exact) mass is 203 g/mol. The molecule has 0 rings (SSSR count). The number of carbonyl (C=O) groups excluding carboxylic acids is 1. The number of hydrogen-bond donors (Lipinski definition) is 2. The van der Waals surface area contributed by atoms with E-state index in [0.29, 0.717) is 6.54 Å². The van der Waals surface area contributed by atoms with E-state index in [9.17, 15) is 4.79 Å². The first-order chi connectivity index (χ1) is 6.31. The summed E-state index contributed by atoms with van der Waals surface area (Å²) in [5.41, 5.74) is 0. The van der Waals surface area contributed by atoms with E-state index in [1.165, 1.54) is 6.08 Å². The molecule has 0 aliphatic heterocycles. The highest BCUT2D eigenvalue weighted by Gasteiger charge is 1.93. The molecule has 0 saturated heterocycles. The van der Waals surface area contributed by atoms with Crippen molar-refractivity contribution in [2.75, 3.05) is 24.7 Å². The number of hydrogen-bond acceptors (Lipinski definition) is 3. The van der Waals surface area contributed by atoms with Crippen LogP contribution < -0.4 is 5.32 Å². The maximum Gasteiger partial charge on any atom is 0.243 e. The molecule has 0 aromatic rings. The normalized spacial score (nSPS) is 10.6. The Bertz CT molecular complexity index is 160. The molecule has 0 aliphatic carbocycles. The van der Waals surface area contributed by atoms with Gasteiger partial charge in [0.05, 0.1) is 0 Å². The van der Waals surface area contributed by atoms with Gasteiger partial charge in [-0.1, -0.05) is 6.08 Å². The van der Waals surface area contributed by atoms with E-state index in [1.807, 2.05) is 6.92 Å². The second-order valence-corrected chi connectivity index (χ2v) is 3.71. The molecule has 4 heteroatoms. The molecular formula is C9H17NO2S. The fraction of sp³-hybridized carbons (Fsp3) is 0.667. The van der Waals surface area contributed by atoms with E-state index in [1.54, 1.807) is 17.8 Å². The largest absolute Gasteiger partial charge is 0.396 e. The van der Waals surface area contributed by atoms with E-state index in [4.69, 9.17) is 5.11 Å². The van der Waals surface area contributed by atoms with Crippen LogP contribution in [0.25, 0.3) is 0 Å². The third-order valence-electron chi connectivity index (χ3n) is 1.31. The zero-order chi connectivity index (χ0) is 9.94. The number of amides is 1. The molecule has 0 saturated carbocycles. The highest BCUT2D eigenvalue weighted by atomic mass is 32.2. The first kappa shape index (κ1) is 12.5. The molecule has 0 atom stereocenters. The Morgan fingerprint density at radius 1 is 1.54 bits per heavy atom.